The van der Waals surface area contributed by atoms with Gasteiger partial charge in [0.2, 0.25) is 5.78 Å². The molecule has 0 heterocycles. The van der Waals surface area contributed by atoms with Crippen LogP contribution in [0, 0.1) is 17.3 Å². The molecule has 1 heteroatoms. The fourth-order valence-corrected chi connectivity index (χ4v) is 0.926. The third-order valence-corrected chi connectivity index (χ3v) is 2.05. The standard InChI is InChI=1S/C14H20O/c1-5-7-9-10-11-13(15)14(3,4)12-8-6-2/h6,12H,5,7,9H2,1-4H3. The van der Waals surface area contributed by atoms with Crippen molar-refractivity contribution >= 4 is 5.78 Å². The van der Waals surface area contributed by atoms with E-state index < -0.39 is 5.41 Å². The minimum Gasteiger partial charge on any atom is -0.284 e. The molecule has 0 aliphatic carbocycles. The van der Waals surface area contributed by atoms with Gasteiger partial charge in [-0.25, -0.2) is 0 Å². The van der Waals surface area contributed by atoms with Crippen molar-refractivity contribution in [2.24, 2.45) is 5.41 Å². The van der Waals surface area contributed by atoms with Crippen LogP contribution in [0.25, 0.3) is 0 Å². The van der Waals surface area contributed by atoms with Gasteiger partial charge < -0.3 is 0 Å². The lowest BCUT2D eigenvalue weighted by molar-refractivity contribution is -0.119. The predicted molar refractivity (Wildman–Crippen MR) is 64.4 cm³/mol. The van der Waals surface area contributed by atoms with Crippen molar-refractivity contribution in [1.82, 2.24) is 0 Å². The molecular formula is C14H20O. The highest BCUT2D eigenvalue weighted by atomic mass is 16.1. The van der Waals surface area contributed by atoms with Crippen LogP contribution in [0.2, 0.25) is 0 Å². The Morgan fingerprint density at radius 3 is 2.60 bits per heavy atom. The Bertz CT molecular complexity index is 317. The van der Waals surface area contributed by atoms with Crippen LogP contribution in [0.1, 0.15) is 47.0 Å². The first-order valence-corrected chi connectivity index (χ1v) is 5.46. The van der Waals surface area contributed by atoms with Crippen LogP contribution in [0.3, 0.4) is 0 Å². The largest absolute Gasteiger partial charge is 0.284 e. The number of hydrogen-bond acceptors (Lipinski definition) is 1. The molecule has 15 heavy (non-hydrogen) atoms. The average molecular weight is 204 g/mol. The van der Waals surface area contributed by atoms with Crippen molar-refractivity contribution < 1.29 is 4.79 Å². The molecule has 0 rings (SSSR count). The summed E-state index contributed by atoms with van der Waals surface area (Å²) >= 11 is 0. The molecule has 0 fully saturated rings. The van der Waals surface area contributed by atoms with Gasteiger partial charge in [0, 0.05) is 6.42 Å². The van der Waals surface area contributed by atoms with Gasteiger partial charge in [-0.2, -0.15) is 0 Å². The van der Waals surface area contributed by atoms with Gasteiger partial charge in [0.1, 0.15) is 0 Å². The fourth-order valence-electron chi connectivity index (χ4n) is 0.926. The second-order valence-corrected chi connectivity index (χ2v) is 4.06. The molecule has 82 valence electrons. The summed E-state index contributed by atoms with van der Waals surface area (Å²) in [5.74, 6) is 5.57. The highest BCUT2D eigenvalue weighted by Crippen LogP contribution is 2.17. The van der Waals surface area contributed by atoms with E-state index in [0.717, 1.165) is 19.3 Å². The molecule has 0 N–H and O–H groups in total. The smallest absolute Gasteiger partial charge is 0.215 e. The predicted octanol–water partition coefficient (Wildman–Crippen LogP) is 3.51. The summed E-state index contributed by atoms with van der Waals surface area (Å²) in [6.45, 7) is 7.72. The lowest BCUT2D eigenvalue weighted by Crippen LogP contribution is -2.19. The Kier molecular flexibility index (Phi) is 6.50. The number of Topliss-reactive ketones (excluding diaryl/α,β-unsaturated/α-hetero) is 1. The minimum atomic E-state index is -0.522. The Morgan fingerprint density at radius 2 is 2.07 bits per heavy atom. The number of allylic oxidation sites excluding steroid dienone is 1. The van der Waals surface area contributed by atoms with E-state index in [1.807, 2.05) is 20.8 Å². The third kappa shape index (κ3) is 5.94. The molecule has 0 saturated carbocycles. The van der Waals surface area contributed by atoms with Crippen molar-refractivity contribution in [2.45, 2.75) is 47.0 Å². The van der Waals surface area contributed by atoms with E-state index in [1.54, 1.807) is 12.2 Å². The quantitative estimate of drug-likeness (QED) is 0.296. The van der Waals surface area contributed by atoms with Crippen LogP contribution in [-0.2, 0) is 4.79 Å². The van der Waals surface area contributed by atoms with Crippen molar-refractivity contribution in [3.63, 3.8) is 0 Å². The van der Waals surface area contributed by atoms with Crippen molar-refractivity contribution in [2.75, 3.05) is 0 Å². The van der Waals surface area contributed by atoms with Gasteiger partial charge in [0.15, 0.2) is 0 Å². The zero-order valence-corrected chi connectivity index (χ0v) is 10.2. The monoisotopic (exact) mass is 204 g/mol. The molecule has 0 saturated heterocycles. The molecule has 0 unspecified atom stereocenters. The van der Waals surface area contributed by atoms with Gasteiger partial charge in [-0.3, -0.25) is 4.79 Å². The van der Waals surface area contributed by atoms with E-state index in [0.29, 0.717) is 0 Å². The van der Waals surface area contributed by atoms with E-state index in [-0.39, 0.29) is 5.78 Å². The molecular weight excluding hydrogens is 184 g/mol. The molecule has 0 bridgehead atoms. The third-order valence-electron chi connectivity index (χ3n) is 2.05. The lowest BCUT2D eigenvalue weighted by atomic mass is 9.88. The molecule has 0 amide bonds. The molecule has 1 nitrogen and oxygen atoms in total. The van der Waals surface area contributed by atoms with E-state index in [2.05, 4.69) is 24.5 Å². The van der Waals surface area contributed by atoms with E-state index >= 15 is 0 Å². The lowest BCUT2D eigenvalue weighted by Gasteiger charge is -2.12. The maximum atomic E-state index is 11.7. The van der Waals surface area contributed by atoms with Crippen LogP contribution < -0.4 is 0 Å². The summed E-state index contributed by atoms with van der Waals surface area (Å²) < 4.78 is 0. The average Bonchev–Trinajstić information content (AvgIpc) is 2.21. The number of ketones is 1. The second kappa shape index (κ2) is 7.10. The molecule has 0 aromatic carbocycles. The van der Waals surface area contributed by atoms with Gasteiger partial charge >= 0.3 is 0 Å². The Hall–Kier alpha value is -1.25. The normalized spacial score (nSPS) is 9.60. The number of rotatable bonds is 4. The number of unbranched alkanes of at least 4 members (excludes halogenated alkanes) is 2. The van der Waals surface area contributed by atoms with Crippen LogP contribution in [0.5, 0.6) is 0 Å². The van der Waals surface area contributed by atoms with Gasteiger partial charge in [0.05, 0.1) is 5.41 Å². The van der Waals surface area contributed by atoms with Crippen LogP contribution in [0.15, 0.2) is 17.9 Å². The van der Waals surface area contributed by atoms with Crippen molar-refractivity contribution in [3.05, 3.63) is 17.9 Å². The maximum Gasteiger partial charge on any atom is 0.215 e. The van der Waals surface area contributed by atoms with E-state index in [1.165, 1.54) is 0 Å². The Morgan fingerprint density at radius 1 is 1.40 bits per heavy atom. The van der Waals surface area contributed by atoms with Crippen LogP contribution >= 0.6 is 0 Å². The van der Waals surface area contributed by atoms with Gasteiger partial charge in [-0.15, -0.1) is 5.73 Å². The van der Waals surface area contributed by atoms with Crippen LogP contribution in [0.4, 0.5) is 0 Å². The zero-order chi connectivity index (χ0) is 11.7. The van der Waals surface area contributed by atoms with E-state index in [4.69, 9.17) is 0 Å². The molecule has 0 radical (unpaired) electrons. The summed E-state index contributed by atoms with van der Waals surface area (Å²) in [7, 11) is 0. The van der Waals surface area contributed by atoms with Gasteiger partial charge in [-0.05, 0) is 45.3 Å². The van der Waals surface area contributed by atoms with Gasteiger partial charge in [-0.1, -0.05) is 19.3 Å². The van der Waals surface area contributed by atoms with Gasteiger partial charge in [0.25, 0.3) is 0 Å². The SMILES string of the molecule is CC=C=CC(C)(C)C(=O)C#CCCCC. The highest BCUT2D eigenvalue weighted by molar-refractivity contribution is 6.00. The van der Waals surface area contributed by atoms with Crippen molar-refractivity contribution in [3.8, 4) is 11.8 Å². The topological polar surface area (TPSA) is 17.1 Å². The number of carbonyl (C=O) groups excluding carboxylic acids is 1. The minimum absolute atomic E-state index is 0.0343. The van der Waals surface area contributed by atoms with E-state index in [9.17, 15) is 4.79 Å². The second-order valence-electron chi connectivity index (χ2n) is 4.06. The van der Waals surface area contributed by atoms with Crippen molar-refractivity contribution in [1.29, 1.82) is 0 Å². The number of carbonyl (C=O) groups is 1. The molecule has 0 aromatic rings. The summed E-state index contributed by atoms with van der Waals surface area (Å²) in [5.41, 5.74) is 2.41. The summed E-state index contributed by atoms with van der Waals surface area (Å²) in [4.78, 5) is 11.7. The Labute approximate surface area is 93.3 Å². The fraction of sp³-hybridized carbons (Fsp3) is 0.571. The Balaban J connectivity index is 4.41. The summed E-state index contributed by atoms with van der Waals surface area (Å²) in [6.07, 6.45) is 6.55. The summed E-state index contributed by atoms with van der Waals surface area (Å²) in [5, 5.41) is 0. The first kappa shape index (κ1) is 13.8. The van der Waals surface area contributed by atoms with Crippen LogP contribution in [-0.4, -0.2) is 5.78 Å². The molecule has 0 atom stereocenters. The molecule has 0 spiro atoms. The molecule has 0 aromatic heterocycles. The first-order chi connectivity index (χ1) is 7.04. The number of hydrogen-bond donors (Lipinski definition) is 0. The molecule has 0 aliphatic heterocycles. The maximum absolute atomic E-state index is 11.7. The molecule has 0 aliphatic rings. The highest BCUT2D eigenvalue weighted by Gasteiger charge is 2.22. The first-order valence-electron chi connectivity index (χ1n) is 5.46. The zero-order valence-electron chi connectivity index (χ0n) is 10.2. The summed E-state index contributed by atoms with van der Waals surface area (Å²) in [6, 6.07) is 0.